The summed E-state index contributed by atoms with van der Waals surface area (Å²) in [7, 11) is -3.38. The molecule has 0 spiro atoms. The molecule has 1 fully saturated rings. The number of fused-ring (bicyclic) bond motifs is 1. The molecule has 1 aliphatic rings. The number of nitrogens with one attached hydrogen (secondary N) is 2. The predicted octanol–water partition coefficient (Wildman–Crippen LogP) is 1.98. The molecule has 186 valence electrons. The number of sulfonamides is 1. The molecule has 0 saturated carbocycles. The summed E-state index contributed by atoms with van der Waals surface area (Å²) in [5.41, 5.74) is 2.00. The van der Waals surface area contributed by atoms with Crippen LogP contribution in [0.2, 0.25) is 0 Å². The summed E-state index contributed by atoms with van der Waals surface area (Å²) in [6.45, 7) is 3.15. The predicted molar refractivity (Wildman–Crippen MR) is 127 cm³/mol. The van der Waals surface area contributed by atoms with Crippen LogP contribution in [-0.2, 0) is 10.0 Å². The Morgan fingerprint density at radius 2 is 1.81 bits per heavy atom. The lowest BCUT2D eigenvalue weighted by Gasteiger charge is -2.28. The van der Waals surface area contributed by atoms with Crippen LogP contribution in [0.15, 0.2) is 48.0 Å². The zero-order valence-electron chi connectivity index (χ0n) is 18.9. The molecule has 11 nitrogen and oxygen atoms in total. The smallest absolute Gasteiger partial charge is 0.268 e. The third-order valence-corrected chi connectivity index (χ3v) is 6.96. The molecule has 0 radical (unpaired) electrons. The van der Waals surface area contributed by atoms with E-state index in [1.807, 2.05) is 0 Å². The van der Waals surface area contributed by atoms with Crippen molar-refractivity contribution < 1.29 is 21.9 Å². The minimum atomic E-state index is -4.68. The summed E-state index contributed by atoms with van der Waals surface area (Å²) < 4.78 is 61.2. The van der Waals surface area contributed by atoms with E-state index in [1.54, 1.807) is 12.1 Å². The fourth-order valence-electron chi connectivity index (χ4n) is 3.88. The fraction of sp³-hybridized carbons (Fsp3) is 0.227. The standard InChI is InChI=1S/C22H20F2N8O3S/c1-35-22-18(31-36(33,34)20-14(23)10-26-11-15(20)24)8-13(9-27-22)16-2-3-17-19(30-16)21(29-12-28-17)32-6-4-25-5-7-32/h2-3,8-12,25,31H,4-7H2,1H3. The van der Waals surface area contributed by atoms with E-state index in [9.17, 15) is 17.2 Å². The Labute approximate surface area is 204 Å². The van der Waals surface area contributed by atoms with Crippen LogP contribution in [0.4, 0.5) is 20.3 Å². The van der Waals surface area contributed by atoms with E-state index in [2.05, 4.69) is 34.9 Å². The van der Waals surface area contributed by atoms with Crippen LogP contribution in [0.1, 0.15) is 0 Å². The van der Waals surface area contributed by atoms with Crippen molar-refractivity contribution in [1.82, 2.24) is 30.2 Å². The molecule has 0 bridgehead atoms. The zero-order valence-corrected chi connectivity index (χ0v) is 19.8. The van der Waals surface area contributed by atoms with Gasteiger partial charge in [0, 0.05) is 37.9 Å². The van der Waals surface area contributed by atoms with Crippen LogP contribution in [0.25, 0.3) is 22.3 Å². The van der Waals surface area contributed by atoms with Crippen LogP contribution < -0.4 is 19.7 Å². The topological polar surface area (TPSA) is 135 Å². The molecule has 0 amide bonds. The van der Waals surface area contributed by atoms with Crippen LogP contribution >= 0.6 is 0 Å². The number of pyridine rings is 3. The number of hydrogen-bond acceptors (Lipinski definition) is 10. The minimum absolute atomic E-state index is 0.0946. The monoisotopic (exact) mass is 514 g/mol. The van der Waals surface area contributed by atoms with Gasteiger partial charge in [0.25, 0.3) is 10.0 Å². The molecule has 0 unspecified atom stereocenters. The minimum Gasteiger partial charge on any atom is -0.480 e. The van der Waals surface area contributed by atoms with Crippen molar-refractivity contribution in [1.29, 1.82) is 0 Å². The number of aromatic nitrogens is 5. The second-order valence-electron chi connectivity index (χ2n) is 7.82. The first-order chi connectivity index (χ1) is 17.4. The second kappa shape index (κ2) is 9.54. The molecule has 2 N–H and O–H groups in total. The molecule has 1 saturated heterocycles. The SMILES string of the molecule is COc1ncc(-c2ccc3ncnc(N4CCNCC4)c3n2)cc1NS(=O)(=O)c1c(F)cncc1F. The van der Waals surface area contributed by atoms with E-state index >= 15 is 0 Å². The molecule has 4 aromatic rings. The Morgan fingerprint density at radius 1 is 1.06 bits per heavy atom. The largest absolute Gasteiger partial charge is 0.480 e. The number of nitrogens with zero attached hydrogens (tertiary/aromatic N) is 6. The zero-order chi connectivity index (χ0) is 25.3. The van der Waals surface area contributed by atoms with Gasteiger partial charge in [-0.1, -0.05) is 0 Å². The van der Waals surface area contributed by atoms with Gasteiger partial charge in [0.1, 0.15) is 17.5 Å². The highest BCUT2D eigenvalue weighted by molar-refractivity contribution is 7.92. The summed E-state index contributed by atoms with van der Waals surface area (Å²) in [6.07, 6.45) is 4.16. The Kier molecular flexibility index (Phi) is 6.28. The third-order valence-electron chi connectivity index (χ3n) is 5.54. The molecule has 0 atom stereocenters. The first kappa shape index (κ1) is 23.7. The van der Waals surface area contributed by atoms with E-state index in [-0.39, 0.29) is 11.6 Å². The lowest BCUT2D eigenvalue weighted by Crippen LogP contribution is -2.44. The van der Waals surface area contributed by atoms with E-state index in [4.69, 9.17) is 9.72 Å². The van der Waals surface area contributed by atoms with Gasteiger partial charge >= 0.3 is 0 Å². The molecule has 14 heteroatoms. The number of hydrogen-bond donors (Lipinski definition) is 2. The number of methoxy groups -OCH3 is 1. The first-order valence-corrected chi connectivity index (χ1v) is 12.3. The van der Waals surface area contributed by atoms with Gasteiger partial charge in [-0.15, -0.1) is 0 Å². The van der Waals surface area contributed by atoms with Crippen molar-refractivity contribution in [3.05, 3.63) is 54.8 Å². The average molecular weight is 515 g/mol. The normalized spacial score (nSPS) is 14.1. The average Bonchev–Trinajstić information content (AvgIpc) is 2.88. The summed E-state index contributed by atoms with van der Waals surface area (Å²) in [4.78, 5) is 21.9. The molecule has 5 rings (SSSR count). The van der Waals surface area contributed by atoms with E-state index in [0.717, 1.165) is 26.2 Å². The van der Waals surface area contributed by atoms with E-state index in [1.165, 1.54) is 25.7 Å². The van der Waals surface area contributed by atoms with Crippen molar-refractivity contribution in [2.75, 3.05) is 42.9 Å². The van der Waals surface area contributed by atoms with Crippen LogP contribution in [-0.4, -0.2) is 66.6 Å². The summed E-state index contributed by atoms with van der Waals surface area (Å²) in [5, 5.41) is 3.29. The van der Waals surface area contributed by atoms with Gasteiger partial charge in [-0.3, -0.25) is 9.71 Å². The van der Waals surface area contributed by atoms with Crippen LogP contribution in [0.3, 0.4) is 0 Å². The molecule has 1 aliphatic heterocycles. The van der Waals surface area contributed by atoms with E-state index < -0.39 is 26.6 Å². The first-order valence-electron chi connectivity index (χ1n) is 10.8. The van der Waals surface area contributed by atoms with Gasteiger partial charge < -0.3 is 15.0 Å². The van der Waals surface area contributed by atoms with Gasteiger partial charge in [-0.05, 0) is 18.2 Å². The highest BCUT2D eigenvalue weighted by Crippen LogP contribution is 2.32. The highest BCUT2D eigenvalue weighted by atomic mass is 32.2. The Morgan fingerprint density at radius 3 is 2.53 bits per heavy atom. The lowest BCUT2D eigenvalue weighted by molar-refractivity contribution is 0.400. The van der Waals surface area contributed by atoms with Crippen LogP contribution in [0.5, 0.6) is 5.88 Å². The van der Waals surface area contributed by atoms with Crippen LogP contribution in [0, 0.1) is 11.6 Å². The van der Waals surface area contributed by atoms with Crippen molar-refractivity contribution in [3.63, 3.8) is 0 Å². The van der Waals surface area contributed by atoms with Crippen molar-refractivity contribution in [2.24, 2.45) is 0 Å². The Bertz CT molecular complexity index is 1530. The number of halogens is 2. The molecule has 5 heterocycles. The Balaban J connectivity index is 1.56. The molecule has 0 aromatic carbocycles. The van der Waals surface area contributed by atoms with Crippen molar-refractivity contribution >= 4 is 32.6 Å². The number of piperazine rings is 1. The van der Waals surface area contributed by atoms with E-state index in [0.29, 0.717) is 40.5 Å². The van der Waals surface area contributed by atoms with Gasteiger partial charge in [0.05, 0.1) is 30.7 Å². The Hall–Kier alpha value is -4.04. The maximum absolute atomic E-state index is 14.1. The molecule has 4 aromatic heterocycles. The summed E-state index contributed by atoms with van der Waals surface area (Å²) in [5.74, 6) is -2.07. The van der Waals surface area contributed by atoms with Gasteiger partial charge in [0.2, 0.25) is 5.88 Å². The highest BCUT2D eigenvalue weighted by Gasteiger charge is 2.26. The number of anilines is 2. The number of ether oxygens (including phenoxy) is 1. The quantitative estimate of drug-likeness (QED) is 0.393. The summed E-state index contributed by atoms with van der Waals surface area (Å²) >= 11 is 0. The lowest BCUT2D eigenvalue weighted by atomic mass is 10.1. The maximum Gasteiger partial charge on any atom is 0.268 e. The fourth-order valence-corrected chi connectivity index (χ4v) is 5.03. The molecule has 36 heavy (non-hydrogen) atoms. The van der Waals surface area contributed by atoms with Gasteiger partial charge in [-0.2, -0.15) is 0 Å². The van der Waals surface area contributed by atoms with Gasteiger partial charge in [-0.25, -0.2) is 37.1 Å². The van der Waals surface area contributed by atoms with Gasteiger partial charge in [0.15, 0.2) is 22.3 Å². The molecule has 0 aliphatic carbocycles. The second-order valence-corrected chi connectivity index (χ2v) is 9.44. The molecular weight excluding hydrogens is 494 g/mol. The maximum atomic E-state index is 14.1. The van der Waals surface area contributed by atoms with Crippen molar-refractivity contribution in [2.45, 2.75) is 4.90 Å². The third kappa shape index (κ3) is 4.47. The number of rotatable bonds is 6. The summed E-state index contributed by atoms with van der Waals surface area (Å²) in [6, 6.07) is 4.91. The molecular formula is C22H20F2N8O3S. The van der Waals surface area contributed by atoms with Crippen molar-refractivity contribution in [3.8, 4) is 17.1 Å².